The largest absolute Gasteiger partial charge is 0.494 e. The average Bonchev–Trinajstić information content (AvgIpc) is 2.96. The van der Waals surface area contributed by atoms with Gasteiger partial charge in [-0.1, -0.05) is 36.4 Å². The van der Waals surface area contributed by atoms with E-state index in [4.69, 9.17) is 4.74 Å². The number of nitrogens with one attached hydrogen (secondary N) is 1. The van der Waals surface area contributed by atoms with E-state index in [1.54, 1.807) is 24.3 Å². The average molecular weight is 348 g/mol. The first-order valence-corrected chi connectivity index (χ1v) is 8.53. The predicted molar refractivity (Wildman–Crippen MR) is 98.2 cm³/mol. The van der Waals surface area contributed by atoms with Gasteiger partial charge in [-0.3, -0.25) is 4.79 Å². The molecule has 26 heavy (non-hydrogen) atoms. The summed E-state index contributed by atoms with van der Waals surface area (Å²) in [5, 5.41) is 22.4. The van der Waals surface area contributed by atoms with Gasteiger partial charge in [0.15, 0.2) is 0 Å². The van der Waals surface area contributed by atoms with E-state index in [9.17, 15) is 15.2 Å². The van der Waals surface area contributed by atoms with Gasteiger partial charge in [0.2, 0.25) is 0 Å². The van der Waals surface area contributed by atoms with Crippen molar-refractivity contribution in [3.63, 3.8) is 0 Å². The van der Waals surface area contributed by atoms with Crippen LogP contribution < -0.4 is 10.1 Å². The van der Waals surface area contributed by atoms with E-state index in [0.717, 1.165) is 22.4 Å². The molecule has 1 aliphatic carbocycles. The molecule has 0 saturated heterocycles. The molecule has 2 atom stereocenters. The van der Waals surface area contributed by atoms with E-state index in [2.05, 4.69) is 5.32 Å². The maximum atomic E-state index is 12.5. The number of amides is 1. The molecule has 132 valence electrons. The second-order valence-electron chi connectivity index (χ2n) is 6.09. The summed E-state index contributed by atoms with van der Waals surface area (Å²) in [4.78, 5) is 12.5. The number of hydrogen-bond acceptors (Lipinski definition) is 4. The molecule has 0 heterocycles. The number of nitriles is 1. The van der Waals surface area contributed by atoms with Crippen LogP contribution in [-0.4, -0.2) is 23.7 Å². The molecule has 2 aromatic carbocycles. The third-order valence-electron chi connectivity index (χ3n) is 4.36. The molecule has 0 bridgehead atoms. The van der Waals surface area contributed by atoms with Gasteiger partial charge in [-0.2, -0.15) is 5.26 Å². The third-order valence-corrected chi connectivity index (χ3v) is 4.36. The number of hydrogen-bond donors (Lipinski definition) is 2. The Morgan fingerprint density at radius 3 is 2.73 bits per heavy atom. The van der Waals surface area contributed by atoms with E-state index >= 15 is 0 Å². The van der Waals surface area contributed by atoms with Crippen LogP contribution in [0.3, 0.4) is 0 Å². The Labute approximate surface area is 152 Å². The highest BCUT2D eigenvalue weighted by molar-refractivity contribution is 6.02. The quantitative estimate of drug-likeness (QED) is 0.643. The summed E-state index contributed by atoms with van der Waals surface area (Å²) < 4.78 is 5.38. The SMILES string of the molecule is CCOc1ccc(/C=C(/C#N)C(=O)NC2c3ccccc3CC2O)cc1. The molecule has 5 heteroatoms. The molecule has 3 rings (SSSR count). The highest BCUT2D eigenvalue weighted by atomic mass is 16.5. The molecule has 0 aromatic heterocycles. The van der Waals surface area contributed by atoms with Gasteiger partial charge >= 0.3 is 0 Å². The number of rotatable bonds is 5. The van der Waals surface area contributed by atoms with Crippen molar-refractivity contribution in [1.29, 1.82) is 5.26 Å². The zero-order chi connectivity index (χ0) is 18.5. The summed E-state index contributed by atoms with van der Waals surface area (Å²) in [6, 6.07) is 16.2. The zero-order valence-corrected chi connectivity index (χ0v) is 14.5. The van der Waals surface area contributed by atoms with Crippen molar-refractivity contribution in [3.8, 4) is 11.8 Å². The van der Waals surface area contributed by atoms with Gasteiger partial charge in [-0.25, -0.2) is 0 Å². The van der Waals surface area contributed by atoms with Crippen LogP contribution in [0.1, 0.15) is 29.7 Å². The normalized spacial score (nSPS) is 18.7. The molecule has 5 nitrogen and oxygen atoms in total. The van der Waals surface area contributed by atoms with Crippen LogP contribution in [0.15, 0.2) is 54.1 Å². The fourth-order valence-corrected chi connectivity index (χ4v) is 3.11. The molecule has 0 fully saturated rings. The first-order chi connectivity index (χ1) is 12.6. The van der Waals surface area contributed by atoms with Crippen molar-refractivity contribution in [2.24, 2.45) is 0 Å². The van der Waals surface area contributed by atoms with Crippen molar-refractivity contribution in [2.45, 2.75) is 25.5 Å². The van der Waals surface area contributed by atoms with Gasteiger partial charge in [0.1, 0.15) is 17.4 Å². The van der Waals surface area contributed by atoms with E-state index in [1.165, 1.54) is 6.08 Å². The summed E-state index contributed by atoms with van der Waals surface area (Å²) in [7, 11) is 0. The number of carbonyl (C=O) groups excluding carboxylic acids is 1. The van der Waals surface area contributed by atoms with Gasteiger partial charge in [0.05, 0.1) is 18.8 Å². The summed E-state index contributed by atoms with van der Waals surface area (Å²) in [5.41, 5.74) is 2.63. The minimum absolute atomic E-state index is 0.00857. The summed E-state index contributed by atoms with van der Waals surface area (Å²) in [5.74, 6) is 0.237. The summed E-state index contributed by atoms with van der Waals surface area (Å²) in [6.07, 6.45) is 1.32. The lowest BCUT2D eigenvalue weighted by Gasteiger charge is -2.17. The molecule has 0 radical (unpaired) electrons. The van der Waals surface area contributed by atoms with Gasteiger partial charge < -0.3 is 15.2 Å². The molecule has 0 saturated carbocycles. The lowest BCUT2D eigenvalue weighted by molar-refractivity contribution is -0.118. The Morgan fingerprint density at radius 1 is 1.31 bits per heavy atom. The minimum atomic E-state index is -0.693. The van der Waals surface area contributed by atoms with E-state index in [-0.39, 0.29) is 5.57 Å². The van der Waals surface area contributed by atoms with Crippen LogP contribution in [0, 0.1) is 11.3 Å². The summed E-state index contributed by atoms with van der Waals surface area (Å²) >= 11 is 0. The highest BCUT2D eigenvalue weighted by Crippen LogP contribution is 2.31. The Balaban J connectivity index is 1.76. The van der Waals surface area contributed by atoms with Gasteiger partial charge in [0, 0.05) is 6.42 Å². The Kier molecular flexibility index (Phi) is 5.35. The summed E-state index contributed by atoms with van der Waals surface area (Å²) in [6.45, 7) is 2.48. The first-order valence-electron chi connectivity index (χ1n) is 8.53. The predicted octanol–water partition coefficient (Wildman–Crippen LogP) is 2.77. The standard InChI is InChI=1S/C21H20N2O3/c1-2-26-17-9-7-14(8-10-17)11-16(13-22)21(25)23-20-18-6-4-3-5-15(18)12-19(20)24/h3-11,19-20,24H,2,12H2,1H3,(H,23,25)/b16-11-. The number of nitrogens with zero attached hydrogens (tertiary/aromatic N) is 1. The van der Waals surface area contributed by atoms with Crippen molar-refractivity contribution in [3.05, 3.63) is 70.8 Å². The van der Waals surface area contributed by atoms with Gasteiger partial charge in [-0.05, 0) is 41.8 Å². The van der Waals surface area contributed by atoms with E-state index in [0.29, 0.717) is 13.0 Å². The first kappa shape index (κ1) is 17.7. The fourth-order valence-electron chi connectivity index (χ4n) is 3.11. The third kappa shape index (κ3) is 3.76. The number of ether oxygens (including phenoxy) is 1. The molecule has 1 aliphatic rings. The molecule has 2 unspecified atom stereocenters. The molecule has 0 aliphatic heterocycles. The molecule has 1 amide bonds. The zero-order valence-electron chi connectivity index (χ0n) is 14.5. The fraction of sp³-hybridized carbons (Fsp3) is 0.238. The molecule has 0 spiro atoms. The van der Waals surface area contributed by atoms with Gasteiger partial charge in [0.25, 0.3) is 5.91 Å². The number of aliphatic hydroxyl groups excluding tert-OH is 1. The topological polar surface area (TPSA) is 82.3 Å². The molecule has 2 aromatic rings. The maximum Gasteiger partial charge on any atom is 0.262 e. The Bertz CT molecular complexity index is 866. The maximum absolute atomic E-state index is 12.5. The molecular weight excluding hydrogens is 328 g/mol. The van der Waals surface area contributed by atoms with Crippen molar-refractivity contribution in [2.75, 3.05) is 6.61 Å². The van der Waals surface area contributed by atoms with Crippen molar-refractivity contribution >= 4 is 12.0 Å². The molecular formula is C21H20N2O3. The molecule has 2 N–H and O–H groups in total. The smallest absolute Gasteiger partial charge is 0.262 e. The van der Waals surface area contributed by atoms with Crippen LogP contribution >= 0.6 is 0 Å². The van der Waals surface area contributed by atoms with Crippen molar-refractivity contribution < 1.29 is 14.6 Å². The second kappa shape index (κ2) is 7.85. The van der Waals surface area contributed by atoms with Crippen LogP contribution in [-0.2, 0) is 11.2 Å². The van der Waals surface area contributed by atoms with E-state index < -0.39 is 18.1 Å². The van der Waals surface area contributed by atoms with Crippen LogP contribution in [0.25, 0.3) is 6.08 Å². The lowest BCUT2D eigenvalue weighted by atomic mass is 10.1. The lowest BCUT2D eigenvalue weighted by Crippen LogP contribution is -2.34. The number of aliphatic hydroxyl groups is 1. The highest BCUT2D eigenvalue weighted by Gasteiger charge is 2.32. The Hall–Kier alpha value is -3.10. The van der Waals surface area contributed by atoms with E-state index in [1.807, 2.05) is 37.3 Å². The monoisotopic (exact) mass is 348 g/mol. The number of benzene rings is 2. The second-order valence-corrected chi connectivity index (χ2v) is 6.09. The number of carbonyl (C=O) groups is 1. The van der Waals surface area contributed by atoms with Crippen LogP contribution in [0.2, 0.25) is 0 Å². The van der Waals surface area contributed by atoms with Crippen LogP contribution in [0.4, 0.5) is 0 Å². The Morgan fingerprint density at radius 2 is 2.04 bits per heavy atom. The van der Waals surface area contributed by atoms with Crippen LogP contribution in [0.5, 0.6) is 5.75 Å². The van der Waals surface area contributed by atoms with Gasteiger partial charge in [-0.15, -0.1) is 0 Å². The van der Waals surface area contributed by atoms with Crippen molar-refractivity contribution in [1.82, 2.24) is 5.32 Å². The minimum Gasteiger partial charge on any atom is -0.494 e. The number of fused-ring (bicyclic) bond motifs is 1.